The summed E-state index contributed by atoms with van der Waals surface area (Å²) in [7, 11) is 0. The van der Waals surface area contributed by atoms with Gasteiger partial charge >= 0.3 is 0 Å². The Morgan fingerprint density at radius 3 is 2.71 bits per heavy atom. The molecule has 0 atom stereocenters. The van der Waals surface area contributed by atoms with Crippen molar-refractivity contribution in [3.05, 3.63) is 23.0 Å². The van der Waals surface area contributed by atoms with E-state index in [2.05, 4.69) is 10.2 Å². The lowest BCUT2D eigenvalue weighted by Crippen LogP contribution is -2.53. The molecule has 1 saturated heterocycles. The van der Waals surface area contributed by atoms with Gasteiger partial charge in [0.1, 0.15) is 0 Å². The van der Waals surface area contributed by atoms with Gasteiger partial charge in [0.05, 0.1) is 6.10 Å². The fraction of sp³-hybridized carbons (Fsp3) is 0.375. The molecule has 1 aromatic rings. The van der Waals surface area contributed by atoms with E-state index in [0.717, 1.165) is 0 Å². The summed E-state index contributed by atoms with van der Waals surface area (Å²) in [6.07, 6.45) is -0.404. The van der Waals surface area contributed by atoms with Crippen LogP contribution in [-0.4, -0.2) is 45.3 Å². The van der Waals surface area contributed by atoms with Crippen molar-refractivity contribution in [3.8, 4) is 0 Å². The van der Waals surface area contributed by atoms with Gasteiger partial charge in [0, 0.05) is 13.1 Å². The highest BCUT2D eigenvalue weighted by Gasteiger charge is 2.30. The number of hydrogen-bond acceptors (Lipinski definition) is 4. The number of carbonyl (C=O) groups is 1. The maximum atomic E-state index is 11.6. The smallest absolute Gasteiger partial charge is 0.274 e. The number of aliphatic hydroxyl groups excluding tert-OH is 1. The van der Waals surface area contributed by atoms with Crippen LogP contribution in [0.3, 0.4) is 0 Å². The molecule has 1 amide bonds. The van der Waals surface area contributed by atoms with Crippen LogP contribution in [0.25, 0.3) is 0 Å². The summed E-state index contributed by atoms with van der Waals surface area (Å²) in [6.45, 7) is 0.728. The molecule has 74 valence electrons. The average Bonchev–Trinajstić information content (AvgIpc) is 2.13. The maximum Gasteiger partial charge on any atom is 0.274 e. The second-order valence-corrected chi connectivity index (χ2v) is 3.49. The average molecular weight is 214 g/mol. The summed E-state index contributed by atoms with van der Waals surface area (Å²) in [4.78, 5) is 13.1. The Bertz CT molecular complexity index is 348. The lowest BCUT2D eigenvalue weighted by Gasteiger charge is -2.35. The van der Waals surface area contributed by atoms with Gasteiger partial charge in [-0.25, -0.2) is 0 Å². The summed E-state index contributed by atoms with van der Waals surface area (Å²) < 4.78 is 0. The molecule has 6 heteroatoms. The highest BCUT2D eigenvalue weighted by molar-refractivity contribution is 6.29. The molecule has 0 aliphatic carbocycles. The van der Waals surface area contributed by atoms with Crippen LogP contribution in [0.5, 0.6) is 0 Å². The molecule has 0 bridgehead atoms. The van der Waals surface area contributed by atoms with Crippen molar-refractivity contribution in [2.24, 2.45) is 0 Å². The molecule has 14 heavy (non-hydrogen) atoms. The van der Waals surface area contributed by atoms with Crippen LogP contribution in [0.4, 0.5) is 0 Å². The molecular formula is C8H8ClN3O2. The van der Waals surface area contributed by atoms with E-state index in [-0.39, 0.29) is 16.8 Å². The number of likely N-dealkylation sites (tertiary alicyclic amines) is 1. The Labute approximate surface area is 85.3 Å². The van der Waals surface area contributed by atoms with Crippen molar-refractivity contribution >= 4 is 17.5 Å². The maximum absolute atomic E-state index is 11.6. The lowest BCUT2D eigenvalue weighted by atomic mass is 10.1. The second kappa shape index (κ2) is 3.51. The molecule has 1 aromatic heterocycles. The minimum atomic E-state index is -0.404. The van der Waals surface area contributed by atoms with E-state index in [0.29, 0.717) is 13.1 Å². The van der Waals surface area contributed by atoms with Gasteiger partial charge in [-0.2, -0.15) is 0 Å². The largest absolute Gasteiger partial charge is 0.389 e. The number of hydrogen-bond donors (Lipinski definition) is 1. The number of nitrogens with zero attached hydrogens (tertiary/aromatic N) is 3. The molecule has 1 aliphatic rings. The van der Waals surface area contributed by atoms with Crippen molar-refractivity contribution in [1.82, 2.24) is 15.1 Å². The normalized spacial score (nSPS) is 16.6. The van der Waals surface area contributed by atoms with Crippen LogP contribution in [0.1, 0.15) is 10.5 Å². The van der Waals surface area contributed by atoms with E-state index in [9.17, 15) is 4.79 Å². The van der Waals surface area contributed by atoms with E-state index >= 15 is 0 Å². The number of rotatable bonds is 1. The number of halogens is 1. The quantitative estimate of drug-likeness (QED) is 0.710. The van der Waals surface area contributed by atoms with E-state index in [1.165, 1.54) is 17.0 Å². The first-order valence-electron chi connectivity index (χ1n) is 4.13. The summed E-state index contributed by atoms with van der Waals surface area (Å²) >= 11 is 5.53. The minimum Gasteiger partial charge on any atom is -0.389 e. The van der Waals surface area contributed by atoms with E-state index in [1.807, 2.05) is 0 Å². The van der Waals surface area contributed by atoms with Crippen LogP contribution in [0, 0.1) is 0 Å². The second-order valence-electron chi connectivity index (χ2n) is 3.11. The van der Waals surface area contributed by atoms with E-state index in [1.54, 1.807) is 0 Å². The fourth-order valence-corrected chi connectivity index (χ4v) is 1.31. The molecule has 1 aliphatic heterocycles. The van der Waals surface area contributed by atoms with Gasteiger partial charge in [0.15, 0.2) is 10.8 Å². The van der Waals surface area contributed by atoms with Gasteiger partial charge in [0.25, 0.3) is 5.91 Å². The summed E-state index contributed by atoms with van der Waals surface area (Å²) in [5, 5.41) is 16.5. The SMILES string of the molecule is O=C(c1ccc(Cl)nn1)N1CC(O)C1. The molecule has 1 N–H and O–H groups in total. The van der Waals surface area contributed by atoms with Crippen molar-refractivity contribution < 1.29 is 9.90 Å². The third-order valence-corrected chi connectivity index (χ3v) is 2.20. The molecular weight excluding hydrogens is 206 g/mol. The number of aromatic nitrogens is 2. The Balaban J connectivity index is 2.08. The van der Waals surface area contributed by atoms with Gasteiger partial charge in [-0.15, -0.1) is 10.2 Å². The zero-order valence-electron chi connectivity index (χ0n) is 7.22. The first kappa shape index (κ1) is 9.36. The number of amides is 1. The van der Waals surface area contributed by atoms with E-state index in [4.69, 9.17) is 16.7 Å². The Morgan fingerprint density at radius 1 is 1.50 bits per heavy atom. The molecule has 5 nitrogen and oxygen atoms in total. The van der Waals surface area contributed by atoms with Crippen LogP contribution >= 0.6 is 11.6 Å². The van der Waals surface area contributed by atoms with Crippen LogP contribution in [-0.2, 0) is 0 Å². The fourth-order valence-electron chi connectivity index (χ4n) is 1.21. The minimum absolute atomic E-state index is 0.223. The Morgan fingerprint density at radius 2 is 2.21 bits per heavy atom. The molecule has 0 saturated carbocycles. The van der Waals surface area contributed by atoms with Crippen molar-refractivity contribution in [3.63, 3.8) is 0 Å². The van der Waals surface area contributed by atoms with Gasteiger partial charge < -0.3 is 10.0 Å². The standard InChI is InChI=1S/C8H8ClN3O2/c9-7-2-1-6(10-11-7)8(14)12-3-5(13)4-12/h1-2,5,13H,3-4H2. The Hall–Kier alpha value is -1.20. The van der Waals surface area contributed by atoms with Gasteiger partial charge in [-0.3, -0.25) is 4.79 Å². The highest BCUT2D eigenvalue weighted by atomic mass is 35.5. The number of carbonyl (C=O) groups excluding carboxylic acids is 1. The zero-order valence-corrected chi connectivity index (χ0v) is 7.98. The first-order chi connectivity index (χ1) is 6.66. The third kappa shape index (κ3) is 1.69. The summed E-state index contributed by atoms with van der Waals surface area (Å²) in [6, 6.07) is 3.03. The molecule has 2 heterocycles. The van der Waals surface area contributed by atoms with Gasteiger partial charge in [-0.1, -0.05) is 11.6 Å². The monoisotopic (exact) mass is 213 g/mol. The predicted octanol–water partition coefficient (Wildman–Crippen LogP) is -0.0533. The molecule has 0 radical (unpaired) electrons. The zero-order chi connectivity index (χ0) is 10.1. The van der Waals surface area contributed by atoms with Crippen molar-refractivity contribution in [1.29, 1.82) is 0 Å². The van der Waals surface area contributed by atoms with Crippen LogP contribution in [0.15, 0.2) is 12.1 Å². The summed E-state index contributed by atoms with van der Waals surface area (Å²) in [5.41, 5.74) is 0.251. The summed E-state index contributed by atoms with van der Waals surface area (Å²) in [5.74, 6) is -0.223. The third-order valence-electron chi connectivity index (χ3n) is 2.00. The van der Waals surface area contributed by atoms with E-state index < -0.39 is 6.10 Å². The predicted molar refractivity (Wildman–Crippen MR) is 49.0 cm³/mol. The first-order valence-corrected chi connectivity index (χ1v) is 4.51. The number of aliphatic hydroxyl groups is 1. The highest BCUT2D eigenvalue weighted by Crippen LogP contribution is 2.12. The lowest BCUT2D eigenvalue weighted by molar-refractivity contribution is 0.00543. The van der Waals surface area contributed by atoms with Crippen LogP contribution in [0.2, 0.25) is 5.15 Å². The Kier molecular flexibility index (Phi) is 2.35. The van der Waals surface area contributed by atoms with Gasteiger partial charge in [0.2, 0.25) is 0 Å². The molecule has 0 spiro atoms. The topological polar surface area (TPSA) is 66.3 Å². The molecule has 0 unspecified atom stereocenters. The molecule has 2 rings (SSSR count). The van der Waals surface area contributed by atoms with Crippen molar-refractivity contribution in [2.75, 3.05) is 13.1 Å². The molecule has 1 fully saturated rings. The van der Waals surface area contributed by atoms with Crippen molar-refractivity contribution in [2.45, 2.75) is 6.10 Å². The van der Waals surface area contributed by atoms with Crippen LogP contribution < -0.4 is 0 Å². The molecule has 0 aromatic carbocycles. The number of β-amino-alcohol motifs (C(OH)–C–C–N with tert-alkyl or cyclic N) is 1. The van der Waals surface area contributed by atoms with Gasteiger partial charge in [-0.05, 0) is 12.1 Å².